The Kier molecular flexibility index (Phi) is 3.84. The van der Waals surface area contributed by atoms with Crippen molar-refractivity contribution in [1.82, 2.24) is 19.5 Å². The molecule has 2 aromatic heterocycles. The molecule has 3 heterocycles. The molecule has 10 nitrogen and oxygen atoms in total. The van der Waals surface area contributed by atoms with Crippen LogP contribution < -0.4 is 9.47 Å². The van der Waals surface area contributed by atoms with Gasteiger partial charge in [0.1, 0.15) is 17.8 Å². The number of hydrogen-bond acceptors (Lipinski definition) is 9. The van der Waals surface area contributed by atoms with E-state index >= 15 is 0 Å². The van der Waals surface area contributed by atoms with Gasteiger partial charge in [0.15, 0.2) is 17.4 Å². The number of methoxy groups -OCH3 is 2. The van der Waals surface area contributed by atoms with Crippen molar-refractivity contribution in [2.24, 2.45) is 0 Å². The Hall–Kier alpha value is -2.01. The minimum absolute atomic E-state index is 0.0630. The standard InChI is InChI=1S/C13H18N4O6/c1-13(20)8(19)6(4-18)23-11(13)17-5-14-7-9(17)15-12(22-3)16-10(7)21-2/h5-6,8,11,18-20H,4H2,1-3H3/t6-,8-,11-,13-/m1/s1. The molecule has 0 radical (unpaired) electrons. The second kappa shape index (κ2) is 5.57. The van der Waals surface area contributed by atoms with Crippen LogP contribution in [-0.4, -0.2) is 73.5 Å². The first-order chi connectivity index (χ1) is 10.9. The quantitative estimate of drug-likeness (QED) is 0.636. The Balaban J connectivity index is 2.13. The van der Waals surface area contributed by atoms with Crippen LogP contribution in [0.4, 0.5) is 0 Å². The van der Waals surface area contributed by atoms with Crippen molar-refractivity contribution in [3.63, 3.8) is 0 Å². The Morgan fingerprint density at radius 1 is 1.35 bits per heavy atom. The van der Waals surface area contributed by atoms with Gasteiger partial charge in [-0.15, -0.1) is 0 Å². The predicted molar refractivity (Wildman–Crippen MR) is 76.1 cm³/mol. The average Bonchev–Trinajstić information content (AvgIpc) is 3.06. The van der Waals surface area contributed by atoms with Crippen molar-refractivity contribution in [2.45, 2.75) is 31.0 Å². The Bertz CT molecular complexity index is 718. The molecule has 10 heteroatoms. The first-order valence-corrected chi connectivity index (χ1v) is 6.93. The van der Waals surface area contributed by atoms with Gasteiger partial charge in [0.2, 0.25) is 5.88 Å². The lowest BCUT2D eigenvalue weighted by Crippen LogP contribution is -2.44. The molecule has 1 fully saturated rings. The molecule has 0 spiro atoms. The molecule has 1 saturated heterocycles. The summed E-state index contributed by atoms with van der Waals surface area (Å²) in [5.41, 5.74) is -0.980. The SMILES string of the molecule is COc1nc(OC)c2ncn([C@@H]3O[C@H](CO)[C@@H](O)[C@@]3(C)O)c2n1. The largest absolute Gasteiger partial charge is 0.479 e. The predicted octanol–water partition coefficient (Wildman–Crippen LogP) is -1.15. The van der Waals surface area contributed by atoms with E-state index in [1.165, 1.54) is 32.0 Å². The second-order valence-electron chi connectivity index (χ2n) is 5.42. The van der Waals surface area contributed by atoms with Crippen LogP contribution in [0.25, 0.3) is 11.2 Å². The number of hydrogen-bond donors (Lipinski definition) is 3. The third-order valence-electron chi connectivity index (χ3n) is 3.93. The van der Waals surface area contributed by atoms with Crippen molar-refractivity contribution in [1.29, 1.82) is 0 Å². The fourth-order valence-corrected chi connectivity index (χ4v) is 2.67. The Morgan fingerprint density at radius 3 is 2.65 bits per heavy atom. The number of aromatic nitrogens is 4. The highest BCUT2D eigenvalue weighted by atomic mass is 16.6. The zero-order chi connectivity index (χ0) is 16.8. The molecule has 23 heavy (non-hydrogen) atoms. The maximum absolute atomic E-state index is 10.6. The van der Waals surface area contributed by atoms with E-state index in [1.54, 1.807) is 0 Å². The average molecular weight is 326 g/mol. The van der Waals surface area contributed by atoms with E-state index < -0.39 is 30.6 Å². The van der Waals surface area contributed by atoms with E-state index in [2.05, 4.69) is 15.0 Å². The molecule has 0 saturated carbocycles. The van der Waals surface area contributed by atoms with Gasteiger partial charge in [-0.2, -0.15) is 9.97 Å². The van der Waals surface area contributed by atoms with Gasteiger partial charge in [-0.25, -0.2) is 4.98 Å². The molecule has 0 aromatic carbocycles. The van der Waals surface area contributed by atoms with E-state index in [-0.39, 0.29) is 11.9 Å². The van der Waals surface area contributed by atoms with E-state index in [4.69, 9.17) is 14.2 Å². The lowest BCUT2D eigenvalue weighted by atomic mass is 9.96. The fourth-order valence-electron chi connectivity index (χ4n) is 2.67. The van der Waals surface area contributed by atoms with Crippen LogP contribution in [0.3, 0.4) is 0 Å². The molecule has 126 valence electrons. The number of imidazole rings is 1. The van der Waals surface area contributed by atoms with E-state index in [0.717, 1.165) is 0 Å². The summed E-state index contributed by atoms with van der Waals surface area (Å²) in [4.78, 5) is 12.4. The highest BCUT2D eigenvalue weighted by Gasteiger charge is 2.53. The number of aliphatic hydroxyl groups excluding tert-OH is 2. The zero-order valence-electron chi connectivity index (χ0n) is 12.9. The normalized spacial score (nSPS) is 30.8. The van der Waals surface area contributed by atoms with Gasteiger partial charge in [-0.1, -0.05) is 0 Å². The highest BCUT2D eigenvalue weighted by molar-refractivity contribution is 5.76. The van der Waals surface area contributed by atoms with Crippen LogP contribution >= 0.6 is 0 Å². The van der Waals surface area contributed by atoms with E-state index in [0.29, 0.717) is 11.2 Å². The van der Waals surface area contributed by atoms with Gasteiger partial charge in [0, 0.05) is 0 Å². The Morgan fingerprint density at radius 2 is 2.09 bits per heavy atom. The number of nitrogens with zero attached hydrogens (tertiary/aromatic N) is 4. The van der Waals surface area contributed by atoms with Gasteiger partial charge in [-0.05, 0) is 6.92 Å². The summed E-state index contributed by atoms with van der Waals surface area (Å²) < 4.78 is 17.2. The van der Waals surface area contributed by atoms with Gasteiger partial charge in [0.25, 0.3) is 0 Å². The summed E-state index contributed by atoms with van der Waals surface area (Å²) in [5.74, 6) is 0.211. The molecule has 3 rings (SSSR count). The first-order valence-electron chi connectivity index (χ1n) is 6.93. The number of rotatable bonds is 4. The molecular weight excluding hydrogens is 308 g/mol. The molecule has 1 aliphatic heterocycles. The van der Waals surface area contributed by atoms with Crippen LogP contribution in [-0.2, 0) is 4.74 Å². The smallest absolute Gasteiger partial charge is 0.321 e. The van der Waals surface area contributed by atoms with E-state index in [1.807, 2.05) is 0 Å². The monoisotopic (exact) mass is 326 g/mol. The van der Waals surface area contributed by atoms with Crippen molar-refractivity contribution in [3.05, 3.63) is 6.33 Å². The third-order valence-corrected chi connectivity index (χ3v) is 3.93. The topological polar surface area (TPSA) is 132 Å². The molecule has 0 unspecified atom stereocenters. The van der Waals surface area contributed by atoms with Crippen LogP contribution in [0.2, 0.25) is 0 Å². The maximum Gasteiger partial charge on any atom is 0.321 e. The van der Waals surface area contributed by atoms with Crippen LogP contribution in [0.1, 0.15) is 13.2 Å². The van der Waals surface area contributed by atoms with Crippen LogP contribution in [0, 0.1) is 0 Å². The molecule has 1 aliphatic rings. The molecule has 0 aliphatic carbocycles. The molecule has 0 bridgehead atoms. The van der Waals surface area contributed by atoms with Gasteiger partial charge >= 0.3 is 6.01 Å². The number of fused-ring (bicyclic) bond motifs is 1. The van der Waals surface area contributed by atoms with Gasteiger partial charge in [-0.3, -0.25) is 4.57 Å². The summed E-state index contributed by atoms with van der Waals surface area (Å²) in [6.45, 7) is 0.988. The lowest BCUT2D eigenvalue weighted by molar-refractivity contribution is -0.0950. The molecule has 3 N–H and O–H groups in total. The number of ether oxygens (including phenoxy) is 3. The van der Waals surface area contributed by atoms with Crippen molar-refractivity contribution < 1.29 is 29.5 Å². The molecular formula is C13H18N4O6. The second-order valence-corrected chi connectivity index (χ2v) is 5.42. The van der Waals surface area contributed by atoms with Crippen molar-refractivity contribution >= 4 is 11.2 Å². The van der Waals surface area contributed by atoms with Gasteiger partial charge < -0.3 is 29.5 Å². The minimum Gasteiger partial charge on any atom is -0.479 e. The van der Waals surface area contributed by atoms with Crippen molar-refractivity contribution in [3.8, 4) is 11.9 Å². The van der Waals surface area contributed by atoms with Crippen LogP contribution in [0.5, 0.6) is 11.9 Å². The molecule has 4 atom stereocenters. The molecule has 0 amide bonds. The fraction of sp³-hybridized carbons (Fsp3) is 0.615. The maximum atomic E-state index is 10.6. The summed E-state index contributed by atoms with van der Waals surface area (Å²) in [6, 6.07) is 0.0630. The van der Waals surface area contributed by atoms with Crippen molar-refractivity contribution in [2.75, 3.05) is 20.8 Å². The van der Waals surface area contributed by atoms with Crippen LogP contribution in [0.15, 0.2) is 6.33 Å². The third kappa shape index (κ3) is 2.30. The summed E-state index contributed by atoms with van der Waals surface area (Å²) in [5, 5.41) is 30.0. The summed E-state index contributed by atoms with van der Waals surface area (Å²) >= 11 is 0. The zero-order valence-corrected chi connectivity index (χ0v) is 12.9. The van der Waals surface area contributed by atoms with E-state index in [9.17, 15) is 15.3 Å². The summed E-state index contributed by atoms with van der Waals surface area (Å²) in [7, 11) is 2.85. The minimum atomic E-state index is -1.65. The van der Waals surface area contributed by atoms with Gasteiger partial charge in [0.05, 0.1) is 27.2 Å². The Labute approximate surface area is 131 Å². The highest BCUT2D eigenvalue weighted by Crippen LogP contribution is 2.40. The lowest BCUT2D eigenvalue weighted by Gasteiger charge is -2.27. The molecule has 2 aromatic rings. The number of aliphatic hydroxyl groups is 3. The first kappa shape index (κ1) is 15.9. The summed E-state index contributed by atoms with van der Waals surface area (Å²) in [6.07, 6.45) is -1.78.